The highest BCUT2D eigenvalue weighted by atomic mass is 16.4. The molecule has 0 bridgehead atoms. The summed E-state index contributed by atoms with van der Waals surface area (Å²) in [5, 5.41) is 28.0. The minimum atomic E-state index is -0.904. The lowest BCUT2D eigenvalue weighted by Crippen LogP contribution is -2.24. The Morgan fingerprint density at radius 3 is 2.53 bits per heavy atom. The summed E-state index contributed by atoms with van der Waals surface area (Å²) in [6.07, 6.45) is 1.84. The molecule has 0 aromatic heterocycles. The number of benzene rings is 2. The number of carbonyl (C=O) groups excluding carboxylic acids is 1. The van der Waals surface area contributed by atoms with Crippen molar-refractivity contribution >= 4 is 23.3 Å². The van der Waals surface area contributed by atoms with Crippen molar-refractivity contribution < 1.29 is 19.8 Å². The number of phenolic OH excluding ortho intramolecular Hbond substituents is 1. The van der Waals surface area contributed by atoms with E-state index in [0.717, 1.165) is 16.7 Å². The molecule has 1 aliphatic heterocycles. The van der Waals surface area contributed by atoms with Crippen LogP contribution in [0.2, 0.25) is 0 Å². The number of anilines is 1. The van der Waals surface area contributed by atoms with Gasteiger partial charge >= 0.3 is 5.97 Å². The zero-order valence-corrected chi connectivity index (χ0v) is 17.3. The second-order valence-corrected chi connectivity index (χ2v) is 7.39. The topological polar surface area (TPSA) is 102 Å². The minimum absolute atomic E-state index is 0.0191. The number of aliphatic carboxylic acids is 1. The van der Waals surface area contributed by atoms with Crippen molar-refractivity contribution in [1.29, 1.82) is 0 Å². The molecule has 0 atom stereocenters. The average molecular weight is 407 g/mol. The summed E-state index contributed by atoms with van der Waals surface area (Å²) >= 11 is 0. The van der Waals surface area contributed by atoms with Crippen LogP contribution in [0.15, 0.2) is 53.3 Å². The van der Waals surface area contributed by atoms with Gasteiger partial charge in [-0.3, -0.25) is 9.59 Å². The highest BCUT2D eigenvalue weighted by Gasteiger charge is 2.27. The van der Waals surface area contributed by atoms with Crippen LogP contribution in [0, 0.1) is 13.8 Å². The Labute approximate surface area is 175 Å². The van der Waals surface area contributed by atoms with E-state index in [4.69, 9.17) is 5.11 Å². The van der Waals surface area contributed by atoms with Crippen molar-refractivity contribution in [1.82, 2.24) is 5.01 Å². The van der Waals surface area contributed by atoms with E-state index in [0.29, 0.717) is 29.0 Å². The smallest absolute Gasteiger partial charge is 0.303 e. The predicted molar refractivity (Wildman–Crippen MR) is 116 cm³/mol. The quantitative estimate of drug-likeness (QED) is 0.475. The lowest BCUT2D eigenvalue weighted by atomic mass is 9.99. The SMILES string of the molecule is CC1=NN(CCCC(=O)O)C(=O)/C1=C\Nc1cccc(-c2cc(C)cc(C)c2)c1O. The second-order valence-electron chi connectivity index (χ2n) is 7.39. The summed E-state index contributed by atoms with van der Waals surface area (Å²) in [5.74, 6) is -1.10. The zero-order valence-electron chi connectivity index (χ0n) is 17.3. The van der Waals surface area contributed by atoms with E-state index in [1.807, 2.05) is 38.1 Å². The molecule has 2 aromatic rings. The number of para-hydroxylation sites is 1. The number of hydrogen-bond donors (Lipinski definition) is 3. The van der Waals surface area contributed by atoms with Gasteiger partial charge in [0.25, 0.3) is 5.91 Å². The molecule has 0 unspecified atom stereocenters. The first-order valence-corrected chi connectivity index (χ1v) is 9.73. The molecule has 0 aliphatic carbocycles. The number of nitrogens with zero attached hydrogens (tertiary/aromatic N) is 2. The van der Waals surface area contributed by atoms with Gasteiger partial charge in [-0.15, -0.1) is 0 Å². The first-order chi connectivity index (χ1) is 14.3. The summed E-state index contributed by atoms with van der Waals surface area (Å²) in [6, 6.07) is 11.5. The van der Waals surface area contributed by atoms with E-state index >= 15 is 0 Å². The van der Waals surface area contributed by atoms with Crippen LogP contribution >= 0.6 is 0 Å². The highest BCUT2D eigenvalue weighted by Crippen LogP contribution is 2.36. The summed E-state index contributed by atoms with van der Waals surface area (Å²) in [6.45, 7) is 5.98. The first kappa shape index (κ1) is 21.1. The third-order valence-corrected chi connectivity index (χ3v) is 4.83. The highest BCUT2D eigenvalue weighted by molar-refractivity contribution is 6.24. The average Bonchev–Trinajstić information content (AvgIpc) is 2.93. The maximum atomic E-state index is 12.6. The number of hydrogen-bond acceptors (Lipinski definition) is 5. The summed E-state index contributed by atoms with van der Waals surface area (Å²) in [4.78, 5) is 23.2. The van der Waals surface area contributed by atoms with Gasteiger partial charge < -0.3 is 15.5 Å². The van der Waals surface area contributed by atoms with E-state index in [2.05, 4.69) is 16.5 Å². The van der Waals surface area contributed by atoms with Gasteiger partial charge in [0, 0.05) is 24.7 Å². The van der Waals surface area contributed by atoms with Crippen LogP contribution in [0.3, 0.4) is 0 Å². The zero-order chi connectivity index (χ0) is 21.8. The van der Waals surface area contributed by atoms with E-state index in [-0.39, 0.29) is 24.6 Å². The lowest BCUT2D eigenvalue weighted by molar-refractivity contribution is -0.137. The van der Waals surface area contributed by atoms with E-state index in [9.17, 15) is 14.7 Å². The van der Waals surface area contributed by atoms with Crippen LogP contribution < -0.4 is 5.32 Å². The second kappa shape index (κ2) is 8.82. The number of carboxylic acids is 1. The molecule has 3 rings (SSSR count). The number of carbonyl (C=O) groups is 2. The molecule has 1 amide bonds. The number of rotatable bonds is 7. The molecular weight excluding hydrogens is 382 g/mol. The lowest BCUT2D eigenvalue weighted by Gasteiger charge is -2.12. The van der Waals surface area contributed by atoms with E-state index < -0.39 is 5.97 Å². The maximum absolute atomic E-state index is 12.6. The van der Waals surface area contributed by atoms with Gasteiger partial charge in [0.05, 0.1) is 17.0 Å². The van der Waals surface area contributed by atoms with Crippen molar-refractivity contribution in [2.75, 3.05) is 11.9 Å². The molecule has 1 heterocycles. The molecule has 0 saturated heterocycles. The Balaban J connectivity index is 1.79. The normalized spacial score (nSPS) is 14.9. The fourth-order valence-electron chi connectivity index (χ4n) is 3.44. The molecule has 3 N–H and O–H groups in total. The van der Waals surface area contributed by atoms with Crippen molar-refractivity contribution in [3.8, 4) is 16.9 Å². The molecule has 0 spiro atoms. The van der Waals surface area contributed by atoms with Gasteiger partial charge in [0.2, 0.25) is 0 Å². The fraction of sp³-hybridized carbons (Fsp3) is 0.261. The molecular formula is C23H25N3O4. The fourth-order valence-corrected chi connectivity index (χ4v) is 3.44. The van der Waals surface area contributed by atoms with Gasteiger partial charge in [0.1, 0.15) is 5.75 Å². The maximum Gasteiger partial charge on any atom is 0.303 e. The molecule has 7 heteroatoms. The molecule has 156 valence electrons. The van der Waals surface area contributed by atoms with Crippen LogP contribution in [0.1, 0.15) is 30.9 Å². The molecule has 0 radical (unpaired) electrons. The predicted octanol–water partition coefficient (Wildman–Crippen LogP) is 4.05. The number of aryl methyl sites for hydroxylation is 2. The molecule has 0 saturated carbocycles. The Kier molecular flexibility index (Phi) is 6.20. The molecule has 30 heavy (non-hydrogen) atoms. The van der Waals surface area contributed by atoms with Gasteiger partial charge in [0.15, 0.2) is 0 Å². The van der Waals surface area contributed by atoms with Gasteiger partial charge in [-0.05, 0) is 38.8 Å². The molecule has 1 aliphatic rings. The third kappa shape index (κ3) is 4.68. The standard InChI is InChI=1S/C23H25N3O4/c1-14-10-15(2)12-17(11-14)18-6-4-7-20(22(18)29)24-13-19-16(3)25-26(23(19)30)9-5-8-21(27)28/h4,6-7,10-13,24,29H,5,8-9H2,1-3H3,(H,27,28)/b19-13-. The molecule has 0 fully saturated rings. The van der Waals surface area contributed by atoms with Crippen molar-refractivity contribution in [2.45, 2.75) is 33.6 Å². The number of carboxylic acid groups (broad SMARTS) is 1. The third-order valence-electron chi connectivity index (χ3n) is 4.83. The Bertz CT molecular complexity index is 1040. The van der Waals surface area contributed by atoms with Gasteiger partial charge in [-0.1, -0.05) is 41.5 Å². The monoisotopic (exact) mass is 407 g/mol. The van der Waals surface area contributed by atoms with Crippen LogP contribution in [0.5, 0.6) is 5.75 Å². The molecule has 7 nitrogen and oxygen atoms in total. The van der Waals surface area contributed by atoms with Crippen LogP contribution in [-0.2, 0) is 9.59 Å². The van der Waals surface area contributed by atoms with Crippen LogP contribution in [-0.4, -0.2) is 39.4 Å². The first-order valence-electron chi connectivity index (χ1n) is 9.73. The van der Waals surface area contributed by atoms with Crippen molar-refractivity contribution in [2.24, 2.45) is 5.10 Å². The van der Waals surface area contributed by atoms with Crippen molar-refractivity contribution in [3.05, 3.63) is 59.3 Å². The number of aromatic hydroxyl groups is 1. The number of nitrogens with one attached hydrogen (secondary N) is 1. The summed E-state index contributed by atoms with van der Waals surface area (Å²) in [7, 11) is 0. The van der Waals surface area contributed by atoms with Crippen molar-refractivity contribution in [3.63, 3.8) is 0 Å². The summed E-state index contributed by atoms with van der Waals surface area (Å²) < 4.78 is 0. The number of hydrazone groups is 1. The van der Waals surface area contributed by atoms with E-state index in [1.54, 1.807) is 13.0 Å². The van der Waals surface area contributed by atoms with Gasteiger partial charge in [-0.25, -0.2) is 5.01 Å². The Morgan fingerprint density at radius 2 is 1.87 bits per heavy atom. The molecule has 2 aromatic carbocycles. The van der Waals surface area contributed by atoms with Crippen LogP contribution in [0.4, 0.5) is 5.69 Å². The summed E-state index contributed by atoms with van der Waals surface area (Å²) in [5.41, 5.74) is 5.22. The minimum Gasteiger partial charge on any atom is -0.505 e. The van der Waals surface area contributed by atoms with Crippen LogP contribution in [0.25, 0.3) is 11.1 Å². The van der Waals surface area contributed by atoms with E-state index in [1.165, 1.54) is 11.2 Å². The Morgan fingerprint density at radius 1 is 1.17 bits per heavy atom. The van der Waals surface area contributed by atoms with Gasteiger partial charge in [-0.2, -0.15) is 5.10 Å². The number of phenols is 1. The number of amides is 1. The Hall–Kier alpha value is -3.61. The largest absolute Gasteiger partial charge is 0.505 e.